The van der Waals surface area contributed by atoms with Crippen LogP contribution in [0.3, 0.4) is 0 Å². The topological polar surface area (TPSA) is 60.9 Å². The Morgan fingerprint density at radius 1 is 1.08 bits per heavy atom. The van der Waals surface area contributed by atoms with Gasteiger partial charge in [-0.3, -0.25) is 14.7 Å². The van der Waals surface area contributed by atoms with Crippen molar-refractivity contribution in [3.05, 3.63) is 77.9 Å². The number of carbonyl (C=O) groups is 1. The van der Waals surface area contributed by atoms with Gasteiger partial charge in [-0.05, 0) is 49.2 Å². The first kappa shape index (κ1) is 25.8. The number of hydrogen-bond donors (Lipinski definition) is 0. The number of morpholine rings is 1. The predicted molar refractivity (Wildman–Crippen MR) is 137 cm³/mol. The van der Waals surface area contributed by atoms with Gasteiger partial charge in [-0.2, -0.15) is 0 Å². The zero-order chi connectivity index (χ0) is 25.2. The van der Waals surface area contributed by atoms with Gasteiger partial charge >= 0.3 is 0 Å². The zero-order valence-corrected chi connectivity index (χ0v) is 20.7. The molecule has 0 saturated carbocycles. The molecule has 2 aromatic carbocycles. The summed E-state index contributed by atoms with van der Waals surface area (Å²) in [5, 5.41) is 0. The Balaban J connectivity index is 1.38. The molecular formula is C29H33FN2O4. The Hall–Kier alpha value is -3.29. The van der Waals surface area contributed by atoms with Crippen LogP contribution in [0.25, 0.3) is 11.1 Å². The Labute approximate surface area is 212 Å². The van der Waals surface area contributed by atoms with Crippen molar-refractivity contribution in [3.8, 4) is 22.6 Å². The van der Waals surface area contributed by atoms with Crippen LogP contribution in [0, 0.1) is 5.82 Å². The molecule has 7 heteroatoms. The Morgan fingerprint density at radius 3 is 2.69 bits per heavy atom. The Morgan fingerprint density at radius 2 is 1.94 bits per heavy atom. The van der Waals surface area contributed by atoms with E-state index in [9.17, 15) is 9.18 Å². The molecule has 1 aliphatic rings. The van der Waals surface area contributed by atoms with Gasteiger partial charge in [0.05, 0.1) is 19.8 Å². The lowest BCUT2D eigenvalue weighted by Crippen LogP contribution is -2.38. The fraction of sp³-hybridized carbons (Fsp3) is 0.379. The minimum atomic E-state index is -0.282. The van der Waals surface area contributed by atoms with Gasteiger partial charge in [0.25, 0.3) is 0 Å². The summed E-state index contributed by atoms with van der Waals surface area (Å²) < 4.78 is 30.6. The van der Waals surface area contributed by atoms with Crippen LogP contribution in [-0.4, -0.2) is 61.7 Å². The molecule has 2 heterocycles. The molecular weight excluding hydrogens is 459 g/mol. The summed E-state index contributed by atoms with van der Waals surface area (Å²) >= 11 is 0. The molecule has 6 nitrogen and oxygen atoms in total. The number of carbonyl (C=O) groups excluding carboxylic acids is 1. The molecule has 0 spiro atoms. The first-order valence-electron chi connectivity index (χ1n) is 12.5. The number of Topliss-reactive ketones (excluding diaryl/α,β-unsaturated/α-hetero) is 1. The van der Waals surface area contributed by atoms with Crippen molar-refractivity contribution in [2.24, 2.45) is 0 Å². The van der Waals surface area contributed by atoms with E-state index >= 15 is 0 Å². The third-order valence-corrected chi connectivity index (χ3v) is 6.13. The van der Waals surface area contributed by atoms with Crippen molar-refractivity contribution in [1.29, 1.82) is 0 Å². The second-order valence-corrected chi connectivity index (χ2v) is 8.78. The van der Waals surface area contributed by atoms with Crippen molar-refractivity contribution >= 4 is 5.78 Å². The lowest BCUT2D eigenvalue weighted by Gasteiger charge is -2.26. The van der Waals surface area contributed by atoms with Crippen LogP contribution in [0.2, 0.25) is 0 Å². The smallest absolute Gasteiger partial charge is 0.139 e. The van der Waals surface area contributed by atoms with Crippen LogP contribution in [0.5, 0.6) is 11.5 Å². The van der Waals surface area contributed by atoms with E-state index in [4.69, 9.17) is 14.2 Å². The maximum Gasteiger partial charge on any atom is 0.139 e. The van der Waals surface area contributed by atoms with Crippen LogP contribution < -0.4 is 9.47 Å². The van der Waals surface area contributed by atoms with Crippen LogP contribution in [0.4, 0.5) is 4.39 Å². The van der Waals surface area contributed by atoms with Gasteiger partial charge in [0, 0.05) is 61.6 Å². The lowest BCUT2D eigenvalue weighted by molar-refractivity contribution is -0.118. The lowest BCUT2D eigenvalue weighted by atomic mass is 10.0. The third kappa shape index (κ3) is 7.60. The van der Waals surface area contributed by atoms with Crippen molar-refractivity contribution in [2.75, 3.05) is 46.1 Å². The second-order valence-electron chi connectivity index (χ2n) is 8.78. The number of ether oxygens (including phenoxy) is 3. The van der Waals surface area contributed by atoms with E-state index in [1.54, 1.807) is 12.3 Å². The van der Waals surface area contributed by atoms with Crippen molar-refractivity contribution < 1.29 is 23.4 Å². The molecule has 1 fully saturated rings. The van der Waals surface area contributed by atoms with E-state index in [0.717, 1.165) is 61.0 Å². The molecule has 0 atom stereocenters. The fourth-order valence-electron chi connectivity index (χ4n) is 4.18. The molecule has 1 saturated heterocycles. The SMILES string of the molecule is CCOc1ccc(-c2ccc(CC(=O)CCc3cccc(F)c3)nc2)c(OCCN2CCOCC2)c1. The average Bonchev–Trinajstić information content (AvgIpc) is 2.89. The highest BCUT2D eigenvalue weighted by molar-refractivity contribution is 5.81. The molecule has 0 bridgehead atoms. The minimum absolute atomic E-state index is 0.0766. The summed E-state index contributed by atoms with van der Waals surface area (Å²) in [6.45, 7) is 7.28. The van der Waals surface area contributed by atoms with Gasteiger partial charge in [-0.1, -0.05) is 18.2 Å². The number of pyridine rings is 1. The van der Waals surface area contributed by atoms with Crippen molar-refractivity contribution in [3.63, 3.8) is 0 Å². The number of halogens is 1. The van der Waals surface area contributed by atoms with Crippen molar-refractivity contribution in [1.82, 2.24) is 9.88 Å². The summed E-state index contributed by atoms with van der Waals surface area (Å²) in [6, 6.07) is 16.0. The number of aryl methyl sites for hydroxylation is 1. The summed E-state index contributed by atoms with van der Waals surface area (Å²) in [4.78, 5) is 19.3. The highest BCUT2D eigenvalue weighted by Crippen LogP contribution is 2.33. The standard InChI is InChI=1S/C29H33FN2O4/c1-2-35-27-10-11-28(29(20-27)36-17-14-32-12-15-34-16-13-32)23-7-8-25(31-21-23)19-26(33)9-6-22-4-3-5-24(30)18-22/h3-5,7-8,10-11,18,20-21H,2,6,9,12-17,19H2,1H3. The number of rotatable bonds is 12. The zero-order valence-electron chi connectivity index (χ0n) is 20.7. The van der Waals surface area contributed by atoms with Crippen LogP contribution in [-0.2, 0) is 22.4 Å². The van der Waals surface area contributed by atoms with Gasteiger partial charge in [-0.25, -0.2) is 4.39 Å². The molecule has 3 aromatic rings. The Bertz CT molecular complexity index is 1130. The number of hydrogen-bond acceptors (Lipinski definition) is 6. The third-order valence-electron chi connectivity index (χ3n) is 6.13. The number of nitrogens with zero attached hydrogens (tertiary/aromatic N) is 2. The van der Waals surface area contributed by atoms with E-state index in [1.807, 2.05) is 43.3 Å². The molecule has 190 valence electrons. The molecule has 4 rings (SSSR count). The number of aromatic nitrogens is 1. The van der Waals surface area contributed by atoms with E-state index < -0.39 is 0 Å². The molecule has 0 aliphatic carbocycles. The van der Waals surface area contributed by atoms with Crippen molar-refractivity contribution in [2.45, 2.75) is 26.2 Å². The quantitative estimate of drug-likeness (QED) is 0.364. The monoisotopic (exact) mass is 492 g/mol. The molecule has 1 aromatic heterocycles. The molecule has 0 N–H and O–H groups in total. The van der Waals surface area contributed by atoms with E-state index in [-0.39, 0.29) is 18.0 Å². The predicted octanol–water partition coefficient (Wildman–Crippen LogP) is 4.74. The second kappa shape index (κ2) is 13.1. The van der Waals surface area contributed by atoms with Gasteiger partial charge in [0.1, 0.15) is 29.7 Å². The van der Waals surface area contributed by atoms with Crippen LogP contribution >= 0.6 is 0 Å². The number of benzene rings is 2. The highest BCUT2D eigenvalue weighted by Gasteiger charge is 2.13. The maximum atomic E-state index is 13.3. The van der Waals surface area contributed by atoms with E-state index in [0.29, 0.717) is 31.7 Å². The summed E-state index contributed by atoms with van der Waals surface area (Å²) in [5.74, 6) is 1.30. The van der Waals surface area contributed by atoms with Gasteiger partial charge in [0.15, 0.2) is 0 Å². The van der Waals surface area contributed by atoms with E-state index in [1.165, 1.54) is 12.1 Å². The van der Waals surface area contributed by atoms with Crippen LogP contribution in [0.15, 0.2) is 60.8 Å². The largest absolute Gasteiger partial charge is 0.494 e. The molecule has 1 aliphatic heterocycles. The van der Waals surface area contributed by atoms with Gasteiger partial charge < -0.3 is 14.2 Å². The summed E-state index contributed by atoms with van der Waals surface area (Å²) in [6.07, 6.45) is 2.90. The summed E-state index contributed by atoms with van der Waals surface area (Å²) in [5.41, 5.74) is 3.37. The molecule has 0 unspecified atom stereocenters. The fourth-order valence-corrected chi connectivity index (χ4v) is 4.18. The van der Waals surface area contributed by atoms with Gasteiger partial charge in [0.2, 0.25) is 0 Å². The van der Waals surface area contributed by atoms with E-state index in [2.05, 4.69) is 9.88 Å². The molecule has 0 amide bonds. The first-order valence-corrected chi connectivity index (χ1v) is 12.5. The molecule has 0 radical (unpaired) electrons. The first-order chi connectivity index (χ1) is 17.6. The molecule has 36 heavy (non-hydrogen) atoms. The maximum absolute atomic E-state index is 13.3. The highest BCUT2D eigenvalue weighted by atomic mass is 19.1. The van der Waals surface area contributed by atoms with Gasteiger partial charge in [-0.15, -0.1) is 0 Å². The summed E-state index contributed by atoms with van der Waals surface area (Å²) in [7, 11) is 0. The normalized spacial score (nSPS) is 13.9. The van der Waals surface area contributed by atoms with Crippen LogP contribution in [0.1, 0.15) is 24.6 Å². The average molecular weight is 493 g/mol. The Kier molecular flexibility index (Phi) is 9.41. The minimum Gasteiger partial charge on any atom is -0.494 e. The number of ketones is 1.